The number of rotatable bonds is 6. The highest BCUT2D eigenvalue weighted by Gasteiger charge is 2.34. The van der Waals surface area contributed by atoms with Gasteiger partial charge in [0.15, 0.2) is 5.69 Å². The number of halogens is 3. The standard InChI is InChI=1S/C27H23F3N6O2/c1-16-21(15-35(2)33-16)23-14-25(27(28,29)30)32-26(31-23)36-24(18-8-6-10-20(12-18)38-4)13-22(34-36)17-7-5-9-19(11-17)37-3/h5-15H,1-4H3. The van der Waals surface area contributed by atoms with Crippen molar-refractivity contribution in [2.75, 3.05) is 14.2 Å². The molecule has 0 N–H and O–H groups in total. The van der Waals surface area contributed by atoms with Gasteiger partial charge >= 0.3 is 6.18 Å². The van der Waals surface area contributed by atoms with Crippen molar-refractivity contribution in [2.45, 2.75) is 13.1 Å². The van der Waals surface area contributed by atoms with E-state index in [4.69, 9.17) is 9.47 Å². The van der Waals surface area contributed by atoms with Crippen molar-refractivity contribution in [3.05, 3.63) is 78.2 Å². The van der Waals surface area contributed by atoms with Gasteiger partial charge in [0, 0.05) is 29.9 Å². The van der Waals surface area contributed by atoms with Gasteiger partial charge in [0.05, 0.1) is 37.0 Å². The predicted molar refractivity (Wildman–Crippen MR) is 135 cm³/mol. The Labute approximate surface area is 216 Å². The Kier molecular flexibility index (Phi) is 6.35. The second-order valence-corrected chi connectivity index (χ2v) is 8.53. The van der Waals surface area contributed by atoms with Crippen LogP contribution in [-0.4, -0.2) is 43.7 Å². The fraction of sp³-hybridized carbons (Fsp3) is 0.185. The van der Waals surface area contributed by atoms with Crippen LogP contribution >= 0.6 is 0 Å². The SMILES string of the molecule is COc1cccc(-c2cc(-c3cccc(OC)c3)n(-c3nc(-c4cn(C)nc4C)cc(C(F)(F)F)n3)n2)c1. The maximum absolute atomic E-state index is 14.0. The lowest BCUT2D eigenvalue weighted by Crippen LogP contribution is -2.14. The summed E-state index contributed by atoms with van der Waals surface area (Å²) in [7, 11) is 4.78. The molecule has 5 aromatic rings. The summed E-state index contributed by atoms with van der Waals surface area (Å²) in [5.74, 6) is 0.962. The van der Waals surface area contributed by atoms with Crippen molar-refractivity contribution in [3.8, 4) is 51.2 Å². The van der Waals surface area contributed by atoms with Gasteiger partial charge in [0.2, 0.25) is 0 Å². The van der Waals surface area contributed by atoms with Crippen LogP contribution < -0.4 is 9.47 Å². The summed E-state index contributed by atoms with van der Waals surface area (Å²) in [6.45, 7) is 1.71. The molecule has 0 saturated heterocycles. The third-order valence-electron chi connectivity index (χ3n) is 5.92. The summed E-state index contributed by atoms with van der Waals surface area (Å²) in [6.07, 6.45) is -3.09. The first kappa shape index (κ1) is 25.0. The Balaban J connectivity index is 1.77. The molecule has 0 unspecified atom stereocenters. The zero-order chi connectivity index (χ0) is 27.0. The fourth-order valence-electron chi connectivity index (χ4n) is 4.11. The van der Waals surface area contributed by atoms with Crippen LogP contribution in [0.15, 0.2) is 66.9 Å². The summed E-state index contributed by atoms with van der Waals surface area (Å²) in [6, 6.07) is 17.1. The number of hydrogen-bond acceptors (Lipinski definition) is 6. The molecule has 0 bridgehead atoms. The van der Waals surface area contributed by atoms with Crippen molar-refractivity contribution < 1.29 is 22.6 Å². The van der Waals surface area contributed by atoms with Gasteiger partial charge in [-0.25, -0.2) is 9.97 Å². The Morgan fingerprint density at radius 3 is 2.05 bits per heavy atom. The van der Waals surface area contributed by atoms with E-state index in [0.717, 1.165) is 6.07 Å². The van der Waals surface area contributed by atoms with Gasteiger partial charge in [0.1, 0.15) is 11.5 Å². The van der Waals surface area contributed by atoms with Crippen molar-refractivity contribution in [1.29, 1.82) is 0 Å². The molecule has 38 heavy (non-hydrogen) atoms. The average molecular weight is 521 g/mol. The van der Waals surface area contributed by atoms with E-state index >= 15 is 0 Å². The monoisotopic (exact) mass is 520 g/mol. The largest absolute Gasteiger partial charge is 0.497 e. The van der Waals surface area contributed by atoms with Gasteiger partial charge in [-0.3, -0.25) is 4.68 Å². The predicted octanol–water partition coefficient (Wildman–Crippen LogP) is 5.74. The minimum absolute atomic E-state index is 0.0861. The molecule has 0 radical (unpaired) electrons. The highest BCUT2D eigenvalue weighted by molar-refractivity contribution is 5.72. The lowest BCUT2D eigenvalue weighted by molar-refractivity contribution is -0.141. The number of alkyl halides is 3. The number of hydrogen-bond donors (Lipinski definition) is 0. The van der Waals surface area contributed by atoms with Gasteiger partial charge in [0.25, 0.3) is 5.95 Å². The van der Waals surface area contributed by atoms with Gasteiger partial charge in [-0.15, -0.1) is 0 Å². The second-order valence-electron chi connectivity index (χ2n) is 8.53. The van der Waals surface area contributed by atoms with Crippen molar-refractivity contribution in [1.82, 2.24) is 29.5 Å². The van der Waals surface area contributed by atoms with E-state index in [-0.39, 0.29) is 11.6 Å². The van der Waals surface area contributed by atoms with E-state index < -0.39 is 11.9 Å². The molecule has 11 heteroatoms. The number of nitrogens with zero attached hydrogens (tertiary/aromatic N) is 6. The Morgan fingerprint density at radius 1 is 0.789 bits per heavy atom. The quantitative estimate of drug-likeness (QED) is 0.284. The summed E-state index contributed by atoms with van der Waals surface area (Å²) in [4.78, 5) is 8.40. The lowest BCUT2D eigenvalue weighted by Gasteiger charge is -2.12. The molecule has 0 fully saturated rings. The number of aromatic nitrogens is 6. The van der Waals surface area contributed by atoms with Crippen LogP contribution in [0.1, 0.15) is 11.4 Å². The Bertz CT molecular complexity index is 1620. The zero-order valence-corrected chi connectivity index (χ0v) is 21.0. The summed E-state index contributed by atoms with van der Waals surface area (Å²) >= 11 is 0. The Hall–Kier alpha value is -4.67. The van der Waals surface area contributed by atoms with Crippen LogP contribution in [0.5, 0.6) is 11.5 Å². The summed E-state index contributed by atoms with van der Waals surface area (Å²) in [5, 5.41) is 8.90. The average Bonchev–Trinajstić information content (AvgIpc) is 3.51. The maximum Gasteiger partial charge on any atom is 0.433 e. The zero-order valence-electron chi connectivity index (χ0n) is 21.0. The number of ether oxygens (including phenoxy) is 2. The van der Waals surface area contributed by atoms with Crippen molar-refractivity contribution in [3.63, 3.8) is 0 Å². The first-order valence-corrected chi connectivity index (χ1v) is 11.5. The van der Waals surface area contributed by atoms with Crippen LogP contribution in [0, 0.1) is 6.92 Å². The second kappa shape index (κ2) is 9.66. The molecule has 0 aliphatic heterocycles. The van der Waals surface area contributed by atoms with Crippen LogP contribution in [0.25, 0.3) is 39.7 Å². The Morgan fingerprint density at radius 2 is 1.45 bits per heavy atom. The van der Waals surface area contributed by atoms with Crippen molar-refractivity contribution >= 4 is 0 Å². The first-order chi connectivity index (χ1) is 18.2. The number of benzene rings is 2. The highest BCUT2D eigenvalue weighted by Crippen LogP contribution is 2.34. The third-order valence-corrected chi connectivity index (χ3v) is 5.92. The van der Waals surface area contributed by atoms with Gasteiger partial charge in [-0.2, -0.15) is 28.1 Å². The van der Waals surface area contributed by atoms with Gasteiger partial charge < -0.3 is 9.47 Å². The van der Waals surface area contributed by atoms with Gasteiger partial charge in [-0.1, -0.05) is 24.3 Å². The number of methoxy groups -OCH3 is 2. The van der Waals surface area contributed by atoms with Gasteiger partial charge in [-0.05, 0) is 43.3 Å². The van der Waals surface area contributed by atoms with Crippen LogP contribution in [0.3, 0.4) is 0 Å². The molecular weight excluding hydrogens is 497 g/mol. The maximum atomic E-state index is 14.0. The molecule has 0 amide bonds. The van der Waals surface area contributed by atoms with Crippen molar-refractivity contribution in [2.24, 2.45) is 7.05 Å². The van der Waals surface area contributed by atoms with Crippen LogP contribution in [0.4, 0.5) is 13.2 Å². The summed E-state index contributed by atoms with van der Waals surface area (Å²) in [5.41, 5.74) is 2.35. The van der Waals surface area contributed by atoms with E-state index in [1.165, 1.54) is 16.5 Å². The van der Waals surface area contributed by atoms with E-state index in [2.05, 4.69) is 20.2 Å². The van der Waals surface area contributed by atoms with E-state index in [1.54, 1.807) is 63.7 Å². The normalized spacial score (nSPS) is 11.6. The first-order valence-electron chi connectivity index (χ1n) is 11.5. The van der Waals surface area contributed by atoms with Crippen LogP contribution in [-0.2, 0) is 13.2 Å². The topological polar surface area (TPSA) is 79.9 Å². The molecular formula is C27H23F3N6O2. The van der Waals surface area contributed by atoms with E-state index in [9.17, 15) is 13.2 Å². The smallest absolute Gasteiger partial charge is 0.433 e. The van der Waals surface area contributed by atoms with Crippen LogP contribution in [0.2, 0.25) is 0 Å². The number of aryl methyl sites for hydroxylation is 2. The molecule has 3 heterocycles. The molecule has 2 aromatic carbocycles. The minimum Gasteiger partial charge on any atom is -0.497 e. The molecule has 8 nitrogen and oxygen atoms in total. The molecule has 0 atom stereocenters. The molecule has 0 saturated carbocycles. The molecule has 5 rings (SSSR count). The fourth-order valence-corrected chi connectivity index (χ4v) is 4.11. The molecule has 0 aliphatic carbocycles. The molecule has 0 spiro atoms. The van der Waals surface area contributed by atoms with E-state index in [0.29, 0.717) is 45.3 Å². The highest BCUT2D eigenvalue weighted by atomic mass is 19.4. The molecule has 0 aliphatic rings. The third kappa shape index (κ3) is 4.82. The minimum atomic E-state index is -4.71. The molecule has 194 valence electrons. The van der Waals surface area contributed by atoms with E-state index in [1.807, 2.05) is 18.2 Å². The summed E-state index contributed by atoms with van der Waals surface area (Å²) < 4.78 is 55.5. The lowest BCUT2D eigenvalue weighted by atomic mass is 10.1. The molecule has 3 aromatic heterocycles.